The standard InChI is InChI=1S/C8H18O.C6H14O3/c1-4-5-6-9-7-8(2)3;1-5(8)4-9-6(2)3-7/h8H,4-7H2,1-3H3;5-8H,3-4H2,1-2H3. The van der Waals surface area contributed by atoms with E-state index in [-0.39, 0.29) is 12.7 Å². The summed E-state index contributed by atoms with van der Waals surface area (Å²) in [5, 5.41) is 17.1. The molecule has 0 aromatic heterocycles. The topological polar surface area (TPSA) is 58.9 Å². The fraction of sp³-hybridized carbons (Fsp3) is 1.00. The predicted molar refractivity (Wildman–Crippen MR) is 74.7 cm³/mol. The highest BCUT2D eigenvalue weighted by Gasteiger charge is 2.00. The number of hydrogen-bond donors (Lipinski definition) is 2. The second-order valence-corrected chi connectivity index (χ2v) is 5.00. The van der Waals surface area contributed by atoms with Crippen LogP contribution in [0.1, 0.15) is 47.5 Å². The summed E-state index contributed by atoms with van der Waals surface area (Å²) in [5.41, 5.74) is 0. The molecule has 0 aliphatic rings. The third-order valence-corrected chi connectivity index (χ3v) is 1.97. The Morgan fingerprint density at radius 3 is 2.06 bits per heavy atom. The molecule has 112 valence electrons. The van der Waals surface area contributed by atoms with Crippen LogP contribution in [-0.2, 0) is 9.47 Å². The maximum atomic E-state index is 8.69. The lowest BCUT2D eigenvalue weighted by Crippen LogP contribution is -2.19. The molecule has 18 heavy (non-hydrogen) atoms. The molecule has 0 spiro atoms. The Hall–Kier alpha value is -0.160. The Morgan fingerprint density at radius 2 is 1.67 bits per heavy atom. The first-order valence-corrected chi connectivity index (χ1v) is 6.92. The number of aliphatic hydroxyl groups is 2. The van der Waals surface area contributed by atoms with E-state index >= 15 is 0 Å². The quantitative estimate of drug-likeness (QED) is 0.627. The van der Waals surface area contributed by atoms with Crippen LogP contribution in [0.15, 0.2) is 0 Å². The lowest BCUT2D eigenvalue weighted by Gasteiger charge is -2.10. The molecule has 0 aliphatic heterocycles. The molecule has 0 bridgehead atoms. The highest BCUT2D eigenvalue weighted by molar-refractivity contribution is 4.47. The van der Waals surface area contributed by atoms with E-state index in [9.17, 15) is 0 Å². The summed E-state index contributed by atoms with van der Waals surface area (Å²) in [6.07, 6.45) is 1.82. The average Bonchev–Trinajstić information content (AvgIpc) is 2.32. The number of ether oxygens (including phenoxy) is 2. The van der Waals surface area contributed by atoms with Crippen molar-refractivity contribution in [2.24, 2.45) is 5.92 Å². The van der Waals surface area contributed by atoms with E-state index in [4.69, 9.17) is 19.7 Å². The van der Waals surface area contributed by atoms with Crippen molar-refractivity contribution in [3.05, 3.63) is 0 Å². The maximum absolute atomic E-state index is 8.69. The monoisotopic (exact) mass is 264 g/mol. The first kappa shape index (κ1) is 20.2. The number of hydrogen-bond acceptors (Lipinski definition) is 4. The Bertz CT molecular complexity index is 149. The summed E-state index contributed by atoms with van der Waals surface area (Å²) in [4.78, 5) is 0. The SMILES string of the molecule is CC(O)COC(C)CO.CCCCOCC(C)C. The normalized spacial score (nSPS) is 14.0. The van der Waals surface area contributed by atoms with Crippen molar-refractivity contribution in [1.82, 2.24) is 0 Å². The summed E-state index contributed by atoms with van der Waals surface area (Å²) in [5.74, 6) is 0.682. The summed E-state index contributed by atoms with van der Waals surface area (Å²) < 4.78 is 10.3. The van der Waals surface area contributed by atoms with E-state index in [0.717, 1.165) is 13.2 Å². The second-order valence-electron chi connectivity index (χ2n) is 5.00. The first-order valence-electron chi connectivity index (χ1n) is 6.92. The molecule has 2 N–H and O–H groups in total. The molecule has 0 rings (SSSR count). The molecule has 0 radical (unpaired) electrons. The fourth-order valence-electron chi connectivity index (χ4n) is 0.922. The maximum Gasteiger partial charge on any atom is 0.0779 e. The zero-order valence-corrected chi connectivity index (χ0v) is 12.7. The molecule has 0 aliphatic carbocycles. The van der Waals surface area contributed by atoms with E-state index in [2.05, 4.69) is 20.8 Å². The number of rotatable bonds is 9. The molecule has 0 amide bonds. The average molecular weight is 264 g/mol. The van der Waals surface area contributed by atoms with Gasteiger partial charge >= 0.3 is 0 Å². The van der Waals surface area contributed by atoms with Crippen LogP contribution in [0.2, 0.25) is 0 Å². The van der Waals surface area contributed by atoms with Gasteiger partial charge in [0.2, 0.25) is 0 Å². The summed E-state index contributed by atoms with van der Waals surface area (Å²) in [6, 6.07) is 0. The zero-order valence-electron chi connectivity index (χ0n) is 12.7. The molecular weight excluding hydrogens is 232 g/mol. The van der Waals surface area contributed by atoms with Crippen LogP contribution in [0.4, 0.5) is 0 Å². The van der Waals surface area contributed by atoms with Gasteiger partial charge in [0.15, 0.2) is 0 Å². The van der Waals surface area contributed by atoms with Crippen LogP contribution in [0.25, 0.3) is 0 Å². The molecule has 0 fully saturated rings. The fourth-order valence-corrected chi connectivity index (χ4v) is 0.922. The van der Waals surface area contributed by atoms with E-state index in [0.29, 0.717) is 12.5 Å². The van der Waals surface area contributed by atoms with Crippen molar-refractivity contribution in [1.29, 1.82) is 0 Å². The minimum atomic E-state index is -0.445. The van der Waals surface area contributed by atoms with E-state index < -0.39 is 6.10 Å². The minimum absolute atomic E-state index is 0.00667. The van der Waals surface area contributed by atoms with Gasteiger partial charge < -0.3 is 19.7 Å². The Kier molecular flexibility index (Phi) is 16.7. The van der Waals surface area contributed by atoms with Crippen molar-refractivity contribution in [2.45, 2.75) is 59.7 Å². The van der Waals surface area contributed by atoms with Crippen molar-refractivity contribution >= 4 is 0 Å². The van der Waals surface area contributed by atoms with Crippen molar-refractivity contribution in [2.75, 3.05) is 26.4 Å². The lowest BCUT2D eigenvalue weighted by molar-refractivity contribution is -0.0177. The lowest BCUT2D eigenvalue weighted by atomic mass is 10.2. The van der Waals surface area contributed by atoms with E-state index in [1.165, 1.54) is 12.8 Å². The smallest absolute Gasteiger partial charge is 0.0779 e. The zero-order chi connectivity index (χ0) is 14.4. The third kappa shape index (κ3) is 21.2. The second kappa shape index (κ2) is 14.9. The third-order valence-electron chi connectivity index (χ3n) is 1.97. The van der Waals surface area contributed by atoms with E-state index in [1.54, 1.807) is 13.8 Å². The molecule has 2 unspecified atom stereocenters. The van der Waals surface area contributed by atoms with Crippen LogP contribution >= 0.6 is 0 Å². The molecule has 4 heteroatoms. The highest BCUT2D eigenvalue weighted by Crippen LogP contribution is 1.94. The Morgan fingerprint density at radius 1 is 1.06 bits per heavy atom. The molecule has 0 aromatic carbocycles. The first-order chi connectivity index (χ1) is 8.43. The molecule has 0 aromatic rings. The predicted octanol–water partition coefficient (Wildman–Crippen LogP) is 2.22. The van der Waals surface area contributed by atoms with Gasteiger partial charge in [0.05, 0.1) is 25.4 Å². The summed E-state index contributed by atoms with van der Waals surface area (Å²) in [6.45, 7) is 12.1. The van der Waals surface area contributed by atoms with Crippen molar-refractivity contribution in [3.63, 3.8) is 0 Å². The van der Waals surface area contributed by atoms with Crippen LogP contribution in [0.5, 0.6) is 0 Å². The summed E-state index contributed by atoms with van der Waals surface area (Å²) in [7, 11) is 0. The molecule has 0 saturated heterocycles. The van der Waals surface area contributed by atoms with Gasteiger partial charge in [-0.1, -0.05) is 27.2 Å². The van der Waals surface area contributed by atoms with Crippen LogP contribution in [0.3, 0.4) is 0 Å². The molecule has 0 heterocycles. The van der Waals surface area contributed by atoms with Gasteiger partial charge in [-0.3, -0.25) is 0 Å². The van der Waals surface area contributed by atoms with Gasteiger partial charge in [-0.25, -0.2) is 0 Å². The van der Waals surface area contributed by atoms with Crippen LogP contribution < -0.4 is 0 Å². The van der Waals surface area contributed by atoms with Gasteiger partial charge in [-0.15, -0.1) is 0 Å². The van der Waals surface area contributed by atoms with E-state index in [1.807, 2.05) is 0 Å². The van der Waals surface area contributed by atoms with Crippen molar-refractivity contribution < 1.29 is 19.7 Å². The van der Waals surface area contributed by atoms with Gasteiger partial charge in [-0.2, -0.15) is 0 Å². The molecule has 4 nitrogen and oxygen atoms in total. The number of aliphatic hydroxyl groups excluding tert-OH is 2. The number of unbranched alkanes of at least 4 members (excludes halogenated alkanes) is 1. The van der Waals surface area contributed by atoms with Crippen LogP contribution in [0, 0.1) is 5.92 Å². The minimum Gasteiger partial charge on any atom is -0.394 e. The van der Waals surface area contributed by atoms with Gasteiger partial charge in [0, 0.05) is 13.2 Å². The summed E-state index contributed by atoms with van der Waals surface area (Å²) >= 11 is 0. The van der Waals surface area contributed by atoms with Crippen molar-refractivity contribution in [3.8, 4) is 0 Å². The van der Waals surface area contributed by atoms with Gasteiger partial charge in [-0.05, 0) is 26.2 Å². The Balaban J connectivity index is 0. The van der Waals surface area contributed by atoms with Gasteiger partial charge in [0.25, 0.3) is 0 Å². The Labute approximate surface area is 112 Å². The van der Waals surface area contributed by atoms with Crippen LogP contribution in [-0.4, -0.2) is 48.8 Å². The van der Waals surface area contributed by atoms with Gasteiger partial charge in [0.1, 0.15) is 0 Å². The largest absolute Gasteiger partial charge is 0.394 e. The molecule has 0 saturated carbocycles. The highest BCUT2D eigenvalue weighted by atomic mass is 16.5. The molecular formula is C14H32O4. The molecule has 2 atom stereocenters.